The minimum absolute atomic E-state index is 0.163. The zero-order chi connectivity index (χ0) is 21.0. The Morgan fingerprint density at radius 1 is 1.17 bits per heavy atom. The zero-order valence-corrected chi connectivity index (χ0v) is 17.5. The SMILES string of the molecule is CCOc1ncc(C(=O)N2CCN([C@H](C(N)=O)c3ccc(Cl)cc3)CC2)cc1Cl. The van der Waals surface area contributed by atoms with Crippen LogP contribution < -0.4 is 10.5 Å². The Morgan fingerprint density at radius 2 is 1.83 bits per heavy atom. The number of nitrogens with zero attached hydrogens (tertiary/aromatic N) is 3. The molecular formula is C20H22Cl2N4O3. The highest BCUT2D eigenvalue weighted by Crippen LogP contribution is 2.26. The number of nitrogens with two attached hydrogens (primary N) is 1. The Hall–Kier alpha value is -2.35. The minimum Gasteiger partial charge on any atom is -0.477 e. The van der Waals surface area contributed by atoms with Gasteiger partial charge in [-0.3, -0.25) is 14.5 Å². The molecule has 29 heavy (non-hydrogen) atoms. The first kappa shape index (κ1) is 21.4. The lowest BCUT2D eigenvalue weighted by Gasteiger charge is -2.38. The molecule has 0 unspecified atom stereocenters. The first-order chi connectivity index (χ1) is 13.9. The molecule has 1 aromatic heterocycles. The summed E-state index contributed by atoms with van der Waals surface area (Å²) in [6.07, 6.45) is 1.46. The lowest BCUT2D eigenvalue weighted by atomic mass is 10.0. The molecule has 0 aliphatic carbocycles. The van der Waals surface area contributed by atoms with Crippen molar-refractivity contribution in [2.45, 2.75) is 13.0 Å². The summed E-state index contributed by atoms with van der Waals surface area (Å²) in [4.78, 5) is 32.7. The van der Waals surface area contributed by atoms with Gasteiger partial charge in [0, 0.05) is 37.4 Å². The minimum atomic E-state index is -0.564. The fraction of sp³-hybridized carbons (Fsp3) is 0.350. The second-order valence-electron chi connectivity index (χ2n) is 6.63. The third-order valence-corrected chi connectivity index (χ3v) is 5.28. The average molecular weight is 437 g/mol. The number of hydrogen-bond acceptors (Lipinski definition) is 5. The predicted octanol–water partition coefficient (Wildman–Crippen LogP) is 2.77. The van der Waals surface area contributed by atoms with E-state index in [1.165, 1.54) is 6.20 Å². The molecule has 0 saturated carbocycles. The van der Waals surface area contributed by atoms with Crippen LogP contribution in [0.15, 0.2) is 36.5 Å². The Kier molecular flexibility index (Phi) is 6.95. The van der Waals surface area contributed by atoms with E-state index in [-0.39, 0.29) is 5.91 Å². The molecule has 0 radical (unpaired) electrons. The summed E-state index contributed by atoms with van der Waals surface area (Å²) in [5, 5.41) is 0.892. The summed E-state index contributed by atoms with van der Waals surface area (Å²) in [6, 6.07) is 8.05. The van der Waals surface area contributed by atoms with E-state index in [9.17, 15) is 9.59 Å². The third kappa shape index (κ3) is 4.98. The van der Waals surface area contributed by atoms with Crippen LogP contribution in [0.5, 0.6) is 5.88 Å². The second kappa shape index (κ2) is 9.43. The van der Waals surface area contributed by atoms with Crippen LogP contribution in [0.3, 0.4) is 0 Å². The number of primary amides is 1. The molecule has 2 amide bonds. The lowest BCUT2D eigenvalue weighted by molar-refractivity contribution is -0.124. The van der Waals surface area contributed by atoms with E-state index in [0.29, 0.717) is 54.3 Å². The van der Waals surface area contributed by atoms with Crippen LogP contribution in [-0.2, 0) is 4.79 Å². The maximum atomic E-state index is 12.8. The smallest absolute Gasteiger partial charge is 0.255 e. The van der Waals surface area contributed by atoms with E-state index < -0.39 is 11.9 Å². The zero-order valence-electron chi connectivity index (χ0n) is 16.0. The summed E-state index contributed by atoms with van der Waals surface area (Å²) in [6.45, 7) is 4.22. The van der Waals surface area contributed by atoms with Gasteiger partial charge in [-0.25, -0.2) is 4.98 Å². The standard InChI is InChI=1S/C20H22Cl2N4O3/c1-2-29-19-16(22)11-14(12-24-19)20(28)26-9-7-25(8-10-26)17(18(23)27)13-3-5-15(21)6-4-13/h3-6,11-12,17H,2,7-10H2,1H3,(H2,23,27)/t17-/m0/s1. The molecule has 154 valence electrons. The molecule has 9 heteroatoms. The molecule has 1 saturated heterocycles. The van der Waals surface area contributed by atoms with Gasteiger partial charge < -0.3 is 15.4 Å². The van der Waals surface area contributed by atoms with Crippen LogP contribution >= 0.6 is 23.2 Å². The number of benzene rings is 1. The van der Waals surface area contributed by atoms with Crippen LogP contribution in [0.2, 0.25) is 10.0 Å². The number of pyridine rings is 1. The van der Waals surface area contributed by atoms with Gasteiger partial charge in [0.05, 0.1) is 12.2 Å². The number of aromatic nitrogens is 1. The summed E-state index contributed by atoms with van der Waals surface area (Å²) in [5.74, 6) is -0.290. The first-order valence-electron chi connectivity index (χ1n) is 9.27. The van der Waals surface area contributed by atoms with Crippen molar-refractivity contribution in [1.29, 1.82) is 0 Å². The van der Waals surface area contributed by atoms with Crippen molar-refractivity contribution < 1.29 is 14.3 Å². The second-order valence-corrected chi connectivity index (χ2v) is 7.47. The summed E-state index contributed by atoms with van der Waals surface area (Å²) in [5.41, 5.74) is 6.83. The van der Waals surface area contributed by atoms with Crippen LogP contribution in [0.25, 0.3) is 0 Å². The fourth-order valence-electron chi connectivity index (χ4n) is 3.35. The molecule has 1 aliphatic rings. The van der Waals surface area contributed by atoms with Gasteiger partial charge in [-0.05, 0) is 30.7 Å². The number of hydrogen-bond donors (Lipinski definition) is 1. The van der Waals surface area contributed by atoms with Gasteiger partial charge in [-0.1, -0.05) is 35.3 Å². The van der Waals surface area contributed by atoms with Crippen LogP contribution in [0.4, 0.5) is 0 Å². The predicted molar refractivity (Wildman–Crippen MR) is 111 cm³/mol. The summed E-state index contributed by atoms with van der Waals surface area (Å²) >= 11 is 12.1. The lowest BCUT2D eigenvalue weighted by Crippen LogP contribution is -2.51. The van der Waals surface area contributed by atoms with Gasteiger partial charge in [-0.2, -0.15) is 0 Å². The van der Waals surface area contributed by atoms with E-state index in [2.05, 4.69) is 4.98 Å². The van der Waals surface area contributed by atoms with Gasteiger partial charge >= 0.3 is 0 Å². The molecule has 1 aromatic carbocycles. The molecule has 0 spiro atoms. The van der Waals surface area contributed by atoms with Crippen molar-refractivity contribution in [1.82, 2.24) is 14.8 Å². The van der Waals surface area contributed by atoms with Gasteiger partial charge in [0.15, 0.2) is 0 Å². The highest BCUT2D eigenvalue weighted by atomic mass is 35.5. The molecule has 0 bridgehead atoms. The maximum Gasteiger partial charge on any atom is 0.255 e. The Balaban J connectivity index is 1.67. The molecule has 2 aromatic rings. The number of piperazine rings is 1. The van der Waals surface area contributed by atoms with Crippen LogP contribution in [0, 0.1) is 0 Å². The molecule has 1 aliphatic heterocycles. The maximum absolute atomic E-state index is 12.8. The molecular weight excluding hydrogens is 415 g/mol. The van der Waals surface area contributed by atoms with Crippen LogP contribution in [-0.4, -0.2) is 59.4 Å². The van der Waals surface area contributed by atoms with E-state index in [4.69, 9.17) is 33.7 Å². The van der Waals surface area contributed by atoms with E-state index in [0.717, 1.165) is 5.56 Å². The molecule has 7 nitrogen and oxygen atoms in total. The largest absolute Gasteiger partial charge is 0.477 e. The highest BCUT2D eigenvalue weighted by Gasteiger charge is 2.31. The van der Waals surface area contributed by atoms with E-state index in [1.54, 1.807) is 35.2 Å². The monoisotopic (exact) mass is 436 g/mol. The fourth-order valence-corrected chi connectivity index (χ4v) is 3.70. The van der Waals surface area contributed by atoms with Crippen molar-refractivity contribution >= 4 is 35.0 Å². The Bertz CT molecular complexity index is 884. The van der Waals surface area contributed by atoms with Gasteiger partial charge in [0.2, 0.25) is 11.8 Å². The topological polar surface area (TPSA) is 88.8 Å². The number of amides is 2. The number of rotatable bonds is 6. The van der Waals surface area contributed by atoms with Gasteiger partial charge in [0.25, 0.3) is 5.91 Å². The van der Waals surface area contributed by atoms with E-state index in [1.807, 2.05) is 11.8 Å². The third-order valence-electron chi connectivity index (χ3n) is 4.76. The number of carbonyl (C=O) groups is 2. The van der Waals surface area contributed by atoms with Gasteiger partial charge in [0.1, 0.15) is 11.1 Å². The molecule has 2 N–H and O–H groups in total. The molecule has 1 atom stereocenters. The number of ether oxygens (including phenoxy) is 1. The Morgan fingerprint density at radius 3 is 2.38 bits per heavy atom. The molecule has 2 heterocycles. The first-order valence-corrected chi connectivity index (χ1v) is 10.0. The van der Waals surface area contributed by atoms with Gasteiger partial charge in [-0.15, -0.1) is 0 Å². The molecule has 1 fully saturated rings. The quantitative estimate of drug-likeness (QED) is 0.751. The van der Waals surface area contributed by atoms with Crippen molar-refractivity contribution in [2.75, 3.05) is 32.8 Å². The normalized spacial score (nSPS) is 15.8. The van der Waals surface area contributed by atoms with Crippen molar-refractivity contribution in [3.05, 3.63) is 57.7 Å². The number of carbonyl (C=O) groups excluding carboxylic acids is 2. The van der Waals surface area contributed by atoms with Crippen molar-refractivity contribution in [3.63, 3.8) is 0 Å². The summed E-state index contributed by atoms with van der Waals surface area (Å²) < 4.78 is 5.30. The average Bonchev–Trinajstić information content (AvgIpc) is 2.71. The highest BCUT2D eigenvalue weighted by molar-refractivity contribution is 6.32. The Labute approximate surface area is 179 Å². The van der Waals surface area contributed by atoms with E-state index >= 15 is 0 Å². The molecule has 3 rings (SSSR count). The summed E-state index contributed by atoms with van der Waals surface area (Å²) in [7, 11) is 0. The van der Waals surface area contributed by atoms with Crippen LogP contribution in [0.1, 0.15) is 28.9 Å². The van der Waals surface area contributed by atoms with Crippen molar-refractivity contribution in [2.24, 2.45) is 5.73 Å². The van der Waals surface area contributed by atoms with Crippen molar-refractivity contribution in [3.8, 4) is 5.88 Å². The number of halogens is 2.